The van der Waals surface area contributed by atoms with Crippen LogP contribution < -0.4 is 16.6 Å². The molecule has 1 unspecified atom stereocenters. The number of anilines is 2. The van der Waals surface area contributed by atoms with Gasteiger partial charge in [-0.25, -0.2) is 4.98 Å². The fraction of sp³-hybridized carbons (Fsp3) is 0.118. The number of nitrogens with zero attached hydrogens (tertiary/aromatic N) is 1. The summed E-state index contributed by atoms with van der Waals surface area (Å²) in [4.78, 5) is 30.4. The lowest BCUT2D eigenvalue weighted by molar-refractivity contribution is -0.115. The van der Waals surface area contributed by atoms with E-state index in [4.69, 9.17) is 5.73 Å². The lowest BCUT2D eigenvalue weighted by Gasteiger charge is -2.13. The number of hydrogen-bond donors (Lipinski definition) is 3. The number of aromatic nitrogens is 2. The Kier molecular flexibility index (Phi) is 4.52. The van der Waals surface area contributed by atoms with Crippen molar-refractivity contribution in [3.05, 3.63) is 58.9 Å². The van der Waals surface area contributed by atoms with Gasteiger partial charge in [-0.05, 0) is 18.4 Å². The van der Waals surface area contributed by atoms with Crippen LogP contribution >= 0.6 is 11.8 Å². The minimum absolute atomic E-state index is 0.128. The lowest BCUT2D eigenvalue weighted by atomic mass is 10.1. The van der Waals surface area contributed by atoms with Crippen LogP contribution in [0.4, 0.5) is 11.5 Å². The van der Waals surface area contributed by atoms with Crippen LogP contribution in [0.5, 0.6) is 0 Å². The molecule has 3 aromatic rings. The zero-order valence-electron chi connectivity index (χ0n) is 12.9. The Morgan fingerprint density at radius 1 is 1.25 bits per heavy atom. The van der Waals surface area contributed by atoms with Gasteiger partial charge in [0.1, 0.15) is 5.82 Å². The van der Waals surface area contributed by atoms with Gasteiger partial charge in [0.25, 0.3) is 5.56 Å². The molecule has 1 aromatic heterocycles. The smallest absolute Gasteiger partial charge is 0.253 e. The number of nitrogens with two attached hydrogens (primary N) is 1. The molecule has 0 radical (unpaired) electrons. The van der Waals surface area contributed by atoms with Gasteiger partial charge >= 0.3 is 0 Å². The van der Waals surface area contributed by atoms with Crippen molar-refractivity contribution in [2.24, 2.45) is 0 Å². The highest BCUT2D eigenvalue weighted by Gasteiger charge is 2.17. The third-order valence-corrected chi connectivity index (χ3v) is 4.43. The number of nitrogens with one attached hydrogen (secondary N) is 2. The topological polar surface area (TPSA) is 101 Å². The molecule has 0 spiro atoms. The third-order valence-electron chi connectivity index (χ3n) is 3.44. The second-order valence-electron chi connectivity index (χ2n) is 5.25. The summed E-state index contributed by atoms with van der Waals surface area (Å²) >= 11 is 1.15. The number of fused-ring (bicyclic) bond motifs is 1. The van der Waals surface area contributed by atoms with Crippen LogP contribution in [-0.2, 0) is 4.79 Å². The molecule has 6 nitrogen and oxygen atoms in total. The third kappa shape index (κ3) is 3.57. The summed E-state index contributed by atoms with van der Waals surface area (Å²) in [6.45, 7) is 1.74. The Labute approximate surface area is 142 Å². The monoisotopic (exact) mass is 340 g/mol. The van der Waals surface area contributed by atoms with Gasteiger partial charge in [0.2, 0.25) is 5.91 Å². The first kappa shape index (κ1) is 16.1. The summed E-state index contributed by atoms with van der Waals surface area (Å²) in [5.74, 6) is -0.0515. The van der Waals surface area contributed by atoms with E-state index in [1.807, 2.05) is 42.5 Å². The van der Waals surface area contributed by atoms with E-state index in [9.17, 15) is 9.59 Å². The fourth-order valence-electron chi connectivity index (χ4n) is 2.30. The molecule has 1 atom stereocenters. The number of benzene rings is 2. The second-order valence-corrected chi connectivity index (χ2v) is 6.58. The summed E-state index contributed by atoms with van der Waals surface area (Å²) in [6, 6.07) is 14.8. The van der Waals surface area contributed by atoms with E-state index >= 15 is 0 Å². The van der Waals surface area contributed by atoms with E-state index in [0.29, 0.717) is 5.16 Å². The zero-order chi connectivity index (χ0) is 17.1. The van der Waals surface area contributed by atoms with Crippen LogP contribution in [0.3, 0.4) is 0 Å². The standard InChI is InChI=1S/C17H16N4O2S/c1-10(24-17-20-14(18)9-15(22)21-17)16(23)19-13-8-4-6-11-5-2-3-7-12(11)13/h2-10H,1H3,(H,19,23)(H3,18,20,21,22). The molecule has 0 bridgehead atoms. The molecular weight excluding hydrogens is 324 g/mol. The van der Waals surface area contributed by atoms with Gasteiger partial charge in [0.15, 0.2) is 5.16 Å². The molecule has 0 aliphatic carbocycles. The fourth-order valence-corrected chi connectivity index (χ4v) is 3.12. The predicted octanol–water partition coefficient (Wildman–Crippen LogP) is 2.62. The first-order valence-electron chi connectivity index (χ1n) is 7.35. The first-order chi connectivity index (χ1) is 11.5. The Balaban J connectivity index is 1.77. The molecule has 122 valence electrons. The highest BCUT2D eigenvalue weighted by molar-refractivity contribution is 8.00. The number of carbonyl (C=O) groups excluding carboxylic acids is 1. The molecule has 0 saturated heterocycles. The minimum atomic E-state index is -0.450. The summed E-state index contributed by atoms with van der Waals surface area (Å²) < 4.78 is 0. The van der Waals surface area contributed by atoms with Crippen LogP contribution in [-0.4, -0.2) is 21.1 Å². The van der Waals surface area contributed by atoms with Gasteiger partial charge in [-0.15, -0.1) is 0 Å². The minimum Gasteiger partial charge on any atom is -0.383 e. The van der Waals surface area contributed by atoms with Crippen LogP contribution in [0.25, 0.3) is 10.8 Å². The number of amides is 1. The molecule has 4 N–H and O–H groups in total. The number of aromatic amines is 1. The zero-order valence-corrected chi connectivity index (χ0v) is 13.8. The van der Waals surface area contributed by atoms with Gasteiger partial charge in [-0.3, -0.25) is 9.59 Å². The highest BCUT2D eigenvalue weighted by atomic mass is 32.2. The molecule has 7 heteroatoms. The van der Waals surface area contributed by atoms with Crippen molar-refractivity contribution in [2.45, 2.75) is 17.3 Å². The number of H-pyrrole nitrogens is 1. The lowest BCUT2D eigenvalue weighted by Crippen LogP contribution is -2.23. The summed E-state index contributed by atoms with van der Waals surface area (Å²) in [5.41, 5.74) is 5.96. The molecule has 2 aromatic carbocycles. The number of thioether (sulfide) groups is 1. The van der Waals surface area contributed by atoms with Gasteiger partial charge in [0.05, 0.1) is 5.25 Å². The molecule has 1 amide bonds. The molecule has 24 heavy (non-hydrogen) atoms. The Morgan fingerprint density at radius 2 is 2.00 bits per heavy atom. The van der Waals surface area contributed by atoms with Crippen molar-refractivity contribution in [2.75, 3.05) is 11.1 Å². The maximum absolute atomic E-state index is 12.4. The second kappa shape index (κ2) is 6.76. The van der Waals surface area contributed by atoms with Crippen molar-refractivity contribution in [3.8, 4) is 0 Å². The first-order valence-corrected chi connectivity index (χ1v) is 8.23. The van der Waals surface area contributed by atoms with E-state index in [1.165, 1.54) is 6.07 Å². The van der Waals surface area contributed by atoms with E-state index in [-0.39, 0.29) is 17.3 Å². The molecule has 0 aliphatic rings. The van der Waals surface area contributed by atoms with Gasteiger partial charge < -0.3 is 16.0 Å². The average molecular weight is 340 g/mol. The van der Waals surface area contributed by atoms with Crippen molar-refractivity contribution in [3.63, 3.8) is 0 Å². The molecular formula is C17H16N4O2S. The Bertz CT molecular complexity index is 949. The maximum Gasteiger partial charge on any atom is 0.253 e. The van der Waals surface area contributed by atoms with Crippen LogP contribution in [0, 0.1) is 0 Å². The number of rotatable bonds is 4. The van der Waals surface area contributed by atoms with Crippen molar-refractivity contribution >= 4 is 39.9 Å². The van der Waals surface area contributed by atoms with Crippen LogP contribution in [0.15, 0.2) is 58.5 Å². The van der Waals surface area contributed by atoms with Gasteiger partial charge in [-0.2, -0.15) is 0 Å². The molecule has 0 fully saturated rings. The molecule has 3 rings (SSSR count). The largest absolute Gasteiger partial charge is 0.383 e. The van der Waals surface area contributed by atoms with Crippen molar-refractivity contribution < 1.29 is 4.79 Å². The summed E-state index contributed by atoms with van der Waals surface area (Å²) in [6.07, 6.45) is 0. The molecule has 0 aliphatic heterocycles. The quantitative estimate of drug-likeness (QED) is 0.501. The normalized spacial score (nSPS) is 12.0. The van der Waals surface area contributed by atoms with E-state index in [0.717, 1.165) is 28.2 Å². The number of carbonyl (C=O) groups is 1. The van der Waals surface area contributed by atoms with E-state index in [2.05, 4.69) is 15.3 Å². The van der Waals surface area contributed by atoms with Crippen LogP contribution in [0.1, 0.15) is 6.92 Å². The SMILES string of the molecule is CC(Sc1nc(N)cc(=O)[nH]1)C(=O)Nc1cccc2ccccc12. The van der Waals surface area contributed by atoms with Gasteiger partial charge in [-0.1, -0.05) is 48.2 Å². The Hall–Kier alpha value is -2.80. The van der Waals surface area contributed by atoms with E-state index in [1.54, 1.807) is 6.92 Å². The predicted molar refractivity (Wildman–Crippen MR) is 97.2 cm³/mol. The highest BCUT2D eigenvalue weighted by Crippen LogP contribution is 2.25. The van der Waals surface area contributed by atoms with Crippen LogP contribution in [0.2, 0.25) is 0 Å². The molecule has 1 heterocycles. The summed E-state index contributed by atoms with van der Waals surface area (Å²) in [5, 5.41) is 4.82. The maximum atomic E-state index is 12.4. The molecule has 0 saturated carbocycles. The van der Waals surface area contributed by atoms with Crippen molar-refractivity contribution in [1.29, 1.82) is 0 Å². The Morgan fingerprint density at radius 3 is 2.79 bits per heavy atom. The number of hydrogen-bond acceptors (Lipinski definition) is 5. The summed E-state index contributed by atoms with van der Waals surface area (Å²) in [7, 11) is 0. The van der Waals surface area contributed by atoms with Gasteiger partial charge in [0, 0.05) is 17.1 Å². The average Bonchev–Trinajstić information content (AvgIpc) is 2.54. The van der Waals surface area contributed by atoms with Crippen molar-refractivity contribution in [1.82, 2.24) is 9.97 Å². The number of nitrogen functional groups attached to an aromatic ring is 1. The van der Waals surface area contributed by atoms with E-state index < -0.39 is 5.25 Å².